The fraction of sp³-hybridized carbons (Fsp3) is 0.667. The van der Waals surface area contributed by atoms with E-state index in [1.54, 1.807) is 14.1 Å². The molecule has 0 radical (unpaired) electrons. The molecule has 112 valence electrons. The molecule has 2 amide bonds. The van der Waals surface area contributed by atoms with Crippen molar-refractivity contribution >= 4 is 23.7 Å². The molecule has 0 saturated heterocycles. The van der Waals surface area contributed by atoms with E-state index in [2.05, 4.69) is 10.1 Å². The van der Waals surface area contributed by atoms with Crippen LogP contribution >= 0.6 is 11.8 Å². The van der Waals surface area contributed by atoms with Gasteiger partial charge in [0.1, 0.15) is 0 Å². The lowest BCUT2D eigenvalue weighted by Crippen LogP contribution is -2.29. The molecule has 0 aliphatic rings. The summed E-state index contributed by atoms with van der Waals surface area (Å²) in [5.74, 6) is 0.935. The van der Waals surface area contributed by atoms with E-state index < -0.39 is 0 Å². The number of nitrogens with two attached hydrogens (primary N) is 1. The molecule has 2 N–H and O–H groups in total. The van der Waals surface area contributed by atoms with Crippen LogP contribution in [0.3, 0.4) is 0 Å². The third-order valence-electron chi connectivity index (χ3n) is 2.79. The van der Waals surface area contributed by atoms with Gasteiger partial charge in [-0.15, -0.1) is 5.10 Å². The Balaban J connectivity index is 2.96. The molecule has 0 fully saturated rings. The van der Waals surface area contributed by atoms with Crippen molar-refractivity contribution in [1.29, 1.82) is 0 Å². The predicted molar refractivity (Wildman–Crippen MR) is 77.7 cm³/mol. The van der Waals surface area contributed by atoms with Crippen molar-refractivity contribution in [2.24, 2.45) is 5.73 Å². The first-order chi connectivity index (χ1) is 9.36. The van der Waals surface area contributed by atoms with Crippen LogP contribution in [0, 0.1) is 0 Å². The van der Waals surface area contributed by atoms with E-state index in [1.165, 1.54) is 21.3 Å². The Hall–Kier alpha value is -1.57. The van der Waals surface area contributed by atoms with Gasteiger partial charge in [0.2, 0.25) is 5.91 Å². The third-order valence-corrected chi connectivity index (χ3v) is 3.72. The van der Waals surface area contributed by atoms with Gasteiger partial charge in [-0.05, 0) is 6.42 Å². The normalized spacial score (nSPS) is 12.2. The standard InChI is InChI=1S/C12H21N5O2S/c1-5-8(2)10-14-11(20-7-6-9(13)18)17(15-10)12(19)16(3)4/h8H,5-7H2,1-4H3,(H2,13,18). The summed E-state index contributed by atoms with van der Waals surface area (Å²) in [6, 6.07) is -0.256. The van der Waals surface area contributed by atoms with E-state index in [1.807, 2.05) is 13.8 Å². The van der Waals surface area contributed by atoms with Crippen LogP contribution in [0.25, 0.3) is 0 Å². The third kappa shape index (κ3) is 4.22. The molecule has 1 unspecified atom stereocenters. The largest absolute Gasteiger partial charge is 0.370 e. The second-order valence-corrected chi connectivity index (χ2v) is 5.78. The minimum atomic E-state index is -0.371. The molecule has 1 atom stereocenters. The lowest BCUT2D eigenvalue weighted by atomic mass is 10.1. The first-order valence-corrected chi connectivity index (χ1v) is 7.45. The number of rotatable bonds is 6. The van der Waals surface area contributed by atoms with Crippen LogP contribution in [0.5, 0.6) is 0 Å². The summed E-state index contributed by atoms with van der Waals surface area (Å²) in [6.45, 7) is 4.05. The average Bonchev–Trinajstić information content (AvgIpc) is 2.80. The lowest BCUT2D eigenvalue weighted by Gasteiger charge is -2.10. The molecular weight excluding hydrogens is 278 g/mol. The Morgan fingerprint density at radius 2 is 2.10 bits per heavy atom. The maximum Gasteiger partial charge on any atom is 0.346 e. The minimum Gasteiger partial charge on any atom is -0.370 e. The predicted octanol–water partition coefficient (Wildman–Crippen LogP) is 1.29. The van der Waals surface area contributed by atoms with Crippen molar-refractivity contribution in [3.05, 3.63) is 5.82 Å². The van der Waals surface area contributed by atoms with Gasteiger partial charge in [-0.25, -0.2) is 9.78 Å². The molecule has 20 heavy (non-hydrogen) atoms. The van der Waals surface area contributed by atoms with Crippen molar-refractivity contribution in [2.45, 2.75) is 37.8 Å². The average molecular weight is 299 g/mol. The molecule has 1 aromatic heterocycles. The molecule has 0 bridgehead atoms. The minimum absolute atomic E-state index is 0.182. The Labute approximate surface area is 122 Å². The molecule has 0 aromatic carbocycles. The van der Waals surface area contributed by atoms with Crippen molar-refractivity contribution in [1.82, 2.24) is 19.7 Å². The van der Waals surface area contributed by atoms with Crippen LogP contribution in [0.4, 0.5) is 4.79 Å². The summed E-state index contributed by atoms with van der Waals surface area (Å²) >= 11 is 1.31. The van der Waals surface area contributed by atoms with E-state index in [-0.39, 0.29) is 24.3 Å². The number of amides is 2. The maximum absolute atomic E-state index is 12.1. The molecule has 7 nitrogen and oxygen atoms in total. The molecule has 0 aliphatic carbocycles. The van der Waals surface area contributed by atoms with Crippen molar-refractivity contribution in [3.8, 4) is 0 Å². The molecule has 1 heterocycles. The number of primary amides is 1. The van der Waals surface area contributed by atoms with Gasteiger partial charge in [-0.1, -0.05) is 25.6 Å². The molecule has 8 heteroatoms. The first-order valence-electron chi connectivity index (χ1n) is 6.46. The number of aromatic nitrogens is 3. The monoisotopic (exact) mass is 299 g/mol. The lowest BCUT2D eigenvalue weighted by molar-refractivity contribution is -0.117. The summed E-state index contributed by atoms with van der Waals surface area (Å²) in [6.07, 6.45) is 1.14. The highest BCUT2D eigenvalue weighted by Gasteiger charge is 2.20. The van der Waals surface area contributed by atoms with Crippen molar-refractivity contribution in [3.63, 3.8) is 0 Å². The van der Waals surface area contributed by atoms with Crippen LogP contribution in [0.1, 0.15) is 38.4 Å². The van der Waals surface area contributed by atoms with Gasteiger partial charge in [0.15, 0.2) is 11.0 Å². The van der Waals surface area contributed by atoms with Gasteiger partial charge in [-0.3, -0.25) is 4.79 Å². The maximum atomic E-state index is 12.1. The Morgan fingerprint density at radius 1 is 1.45 bits per heavy atom. The van der Waals surface area contributed by atoms with Crippen LogP contribution in [-0.4, -0.2) is 51.5 Å². The Kier molecular flexibility index (Phi) is 6.00. The van der Waals surface area contributed by atoms with Crippen molar-refractivity contribution in [2.75, 3.05) is 19.8 Å². The molecular formula is C12H21N5O2S. The fourth-order valence-electron chi connectivity index (χ4n) is 1.35. The summed E-state index contributed by atoms with van der Waals surface area (Å²) in [5, 5.41) is 4.78. The summed E-state index contributed by atoms with van der Waals surface area (Å²) in [4.78, 5) is 28.7. The van der Waals surface area contributed by atoms with Gasteiger partial charge in [0.05, 0.1) is 0 Å². The highest BCUT2D eigenvalue weighted by atomic mass is 32.2. The van der Waals surface area contributed by atoms with E-state index >= 15 is 0 Å². The van der Waals surface area contributed by atoms with Gasteiger partial charge in [0.25, 0.3) is 0 Å². The number of hydrogen-bond acceptors (Lipinski definition) is 5. The summed E-state index contributed by atoms with van der Waals surface area (Å²) in [5.41, 5.74) is 5.11. The number of hydrogen-bond donors (Lipinski definition) is 1. The van der Waals surface area contributed by atoms with Crippen LogP contribution in [0.2, 0.25) is 0 Å². The van der Waals surface area contributed by atoms with Crippen LogP contribution in [-0.2, 0) is 4.79 Å². The fourth-order valence-corrected chi connectivity index (χ4v) is 2.24. The Bertz CT molecular complexity index is 486. The van der Waals surface area contributed by atoms with Crippen LogP contribution in [0.15, 0.2) is 5.16 Å². The SMILES string of the molecule is CCC(C)c1nc(SCCC(N)=O)n(C(=O)N(C)C)n1. The summed E-state index contributed by atoms with van der Waals surface area (Å²) < 4.78 is 1.28. The molecule has 1 rings (SSSR count). The smallest absolute Gasteiger partial charge is 0.346 e. The zero-order chi connectivity index (χ0) is 15.3. The van der Waals surface area contributed by atoms with E-state index in [9.17, 15) is 9.59 Å². The van der Waals surface area contributed by atoms with E-state index in [4.69, 9.17) is 5.73 Å². The molecule has 0 aliphatic heterocycles. The second kappa shape index (κ2) is 7.28. The van der Waals surface area contributed by atoms with Gasteiger partial charge in [-0.2, -0.15) is 4.68 Å². The number of nitrogens with zero attached hydrogens (tertiary/aromatic N) is 4. The van der Waals surface area contributed by atoms with Gasteiger partial charge < -0.3 is 10.6 Å². The zero-order valence-corrected chi connectivity index (χ0v) is 13.1. The highest BCUT2D eigenvalue weighted by Crippen LogP contribution is 2.22. The highest BCUT2D eigenvalue weighted by molar-refractivity contribution is 7.99. The second-order valence-electron chi connectivity index (χ2n) is 4.72. The molecule has 1 aromatic rings. The van der Waals surface area contributed by atoms with E-state index in [0.29, 0.717) is 16.7 Å². The number of thioether (sulfide) groups is 1. The van der Waals surface area contributed by atoms with E-state index in [0.717, 1.165) is 6.42 Å². The number of carbonyl (C=O) groups excluding carboxylic acids is 2. The quantitative estimate of drug-likeness (QED) is 0.799. The molecule has 0 saturated carbocycles. The topological polar surface area (TPSA) is 94.1 Å². The molecule has 0 spiro atoms. The first kappa shape index (κ1) is 16.5. The van der Waals surface area contributed by atoms with Gasteiger partial charge >= 0.3 is 6.03 Å². The van der Waals surface area contributed by atoms with Gasteiger partial charge in [0, 0.05) is 32.2 Å². The van der Waals surface area contributed by atoms with Crippen LogP contribution < -0.4 is 5.73 Å². The summed E-state index contributed by atoms with van der Waals surface area (Å²) in [7, 11) is 3.32. The van der Waals surface area contributed by atoms with Crippen molar-refractivity contribution < 1.29 is 9.59 Å². The number of carbonyl (C=O) groups is 2. The Morgan fingerprint density at radius 3 is 2.60 bits per heavy atom. The zero-order valence-electron chi connectivity index (χ0n) is 12.3.